The van der Waals surface area contributed by atoms with Gasteiger partial charge in [0.05, 0.1) is 0 Å². The summed E-state index contributed by atoms with van der Waals surface area (Å²) in [5.74, 6) is 2.92. The van der Waals surface area contributed by atoms with Crippen molar-refractivity contribution in [3.8, 4) is 0 Å². The quantitative estimate of drug-likeness (QED) is 0.538. The standard InChI is InChI=1S/C17H32Ge/c1-18(16-11-5-6-12-16,17-13-7-8-14-17)15-9-3-2-4-10-15/h15-17H,2-14H2,1H3. The Morgan fingerprint density at radius 2 is 0.778 bits per heavy atom. The number of hydrogen-bond donors (Lipinski definition) is 0. The van der Waals surface area contributed by atoms with Gasteiger partial charge in [0.1, 0.15) is 0 Å². The van der Waals surface area contributed by atoms with Gasteiger partial charge in [-0.15, -0.1) is 0 Å². The van der Waals surface area contributed by atoms with Crippen molar-refractivity contribution < 1.29 is 0 Å². The Morgan fingerprint density at radius 3 is 1.11 bits per heavy atom. The summed E-state index contributed by atoms with van der Waals surface area (Å²) >= 11 is -1.58. The second-order valence-corrected chi connectivity index (χ2v) is 18.5. The minimum absolute atomic E-state index is 1.27. The van der Waals surface area contributed by atoms with Crippen molar-refractivity contribution in [2.24, 2.45) is 0 Å². The molecule has 0 radical (unpaired) electrons. The van der Waals surface area contributed by atoms with Crippen LogP contribution in [-0.2, 0) is 0 Å². The van der Waals surface area contributed by atoms with Crippen LogP contribution in [0.4, 0.5) is 0 Å². The fourth-order valence-corrected chi connectivity index (χ4v) is 20.4. The molecule has 0 amide bonds. The fraction of sp³-hybridized carbons (Fsp3) is 1.00. The molecule has 0 heterocycles. The molecule has 3 aliphatic rings. The molecule has 0 spiro atoms. The molecule has 0 unspecified atom stereocenters. The molecule has 0 aromatic carbocycles. The van der Waals surface area contributed by atoms with Gasteiger partial charge in [-0.1, -0.05) is 0 Å². The van der Waals surface area contributed by atoms with E-state index in [1.165, 1.54) is 14.3 Å². The average Bonchev–Trinajstić information content (AvgIpc) is 3.12. The van der Waals surface area contributed by atoms with Crippen LogP contribution in [0.15, 0.2) is 0 Å². The zero-order chi connectivity index (χ0) is 12.4. The fourth-order valence-electron chi connectivity index (χ4n) is 5.82. The summed E-state index contributed by atoms with van der Waals surface area (Å²) < 4.78 is 3.82. The van der Waals surface area contributed by atoms with Crippen molar-refractivity contribution >= 4 is 13.3 Å². The van der Waals surface area contributed by atoms with Crippen molar-refractivity contribution in [1.29, 1.82) is 0 Å². The molecular weight excluding hydrogens is 277 g/mol. The molecule has 3 rings (SSSR count). The van der Waals surface area contributed by atoms with E-state index in [1.807, 2.05) is 0 Å². The molecule has 0 aliphatic heterocycles. The van der Waals surface area contributed by atoms with Crippen molar-refractivity contribution in [1.82, 2.24) is 0 Å². The van der Waals surface area contributed by atoms with Gasteiger partial charge in [-0.3, -0.25) is 0 Å². The Bertz CT molecular complexity index is 239. The molecule has 18 heavy (non-hydrogen) atoms. The molecule has 0 aromatic rings. The zero-order valence-corrected chi connectivity index (χ0v) is 14.5. The summed E-state index contributed by atoms with van der Waals surface area (Å²) in [5.41, 5.74) is 0. The summed E-state index contributed by atoms with van der Waals surface area (Å²) in [5, 5.41) is 0. The first kappa shape index (κ1) is 13.5. The molecular formula is C17H32Ge. The maximum atomic E-state index is 2.92. The minimum atomic E-state index is -1.58. The van der Waals surface area contributed by atoms with Crippen LogP contribution in [0.5, 0.6) is 0 Å². The van der Waals surface area contributed by atoms with E-state index in [9.17, 15) is 0 Å². The topological polar surface area (TPSA) is 0 Å². The Balaban J connectivity index is 1.80. The summed E-state index contributed by atoms with van der Waals surface area (Å²) in [4.78, 5) is 0. The van der Waals surface area contributed by atoms with Gasteiger partial charge in [0.2, 0.25) is 0 Å². The Morgan fingerprint density at radius 1 is 0.500 bits per heavy atom. The SMILES string of the molecule is [CH3][Ge]([CH]1CCCCC1)([CH]1CCCC1)[CH]1CCCC1. The Hall–Kier alpha value is 0.543. The van der Waals surface area contributed by atoms with Crippen molar-refractivity contribution in [3.63, 3.8) is 0 Å². The summed E-state index contributed by atoms with van der Waals surface area (Å²) in [6, 6.07) is 0. The van der Waals surface area contributed by atoms with Gasteiger partial charge >= 0.3 is 117 Å². The maximum absolute atomic E-state index is 2.92. The number of hydrogen-bond acceptors (Lipinski definition) is 0. The molecule has 3 saturated carbocycles. The summed E-state index contributed by atoms with van der Waals surface area (Å²) in [7, 11) is 0. The van der Waals surface area contributed by atoms with E-state index >= 15 is 0 Å². The molecule has 0 bridgehead atoms. The first-order valence-electron chi connectivity index (χ1n) is 8.82. The van der Waals surface area contributed by atoms with E-state index < -0.39 is 13.3 Å². The Kier molecular flexibility index (Phi) is 4.43. The molecule has 0 N–H and O–H groups in total. The van der Waals surface area contributed by atoms with E-state index in [0.717, 1.165) is 0 Å². The van der Waals surface area contributed by atoms with E-state index in [1.54, 1.807) is 83.5 Å². The van der Waals surface area contributed by atoms with E-state index in [2.05, 4.69) is 5.76 Å². The second-order valence-electron chi connectivity index (χ2n) is 7.66. The van der Waals surface area contributed by atoms with Crippen LogP contribution >= 0.6 is 0 Å². The van der Waals surface area contributed by atoms with Crippen molar-refractivity contribution in [2.75, 3.05) is 0 Å². The molecule has 0 aromatic heterocycles. The average molecular weight is 309 g/mol. The van der Waals surface area contributed by atoms with E-state index in [4.69, 9.17) is 0 Å². The first-order valence-corrected chi connectivity index (χ1v) is 14.5. The van der Waals surface area contributed by atoms with Crippen LogP contribution in [0, 0.1) is 0 Å². The molecule has 3 fully saturated rings. The van der Waals surface area contributed by atoms with Gasteiger partial charge in [-0.2, -0.15) is 0 Å². The van der Waals surface area contributed by atoms with Crippen LogP contribution in [0.2, 0.25) is 20.0 Å². The van der Waals surface area contributed by atoms with Gasteiger partial charge in [0.25, 0.3) is 0 Å². The summed E-state index contributed by atoms with van der Waals surface area (Å²) in [6.45, 7) is 0. The van der Waals surface area contributed by atoms with Gasteiger partial charge in [0, 0.05) is 0 Å². The normalized spacial score (nSPS) is 29.2. The van der Waals surface area contributed by atoms with Gasteiger partial charge in [-0.05, 0) is 0 Å². The van der Waals surface area contributed by atoms with Crippen LogP contribution in [0.3, 0.4) is 0 Å². The van der Waals surface area contributed by atoms with E-state index in [-0.39, 0.29) is 0 Å². The predicted molar refractivity (Wildman–Crippen MR) is 82.9 cm³/mol. The molecule has 0 nitrogen and oxygen atoms in total. The van der Waals surface area contributed by atoms with Gasteiger partial charge in [0.15, 0.2) is 0 Å². The molecule has 0 saturated heterocycles. The van der Waals surface area contributed by atoms with Crippen LogP contribution in [-0.4, -0.2) is 13.3 Å². The van der Waals surface area contributed by atoms with Crippen LogP contribution < -0.4 is 0 Å². The molecule has 3 aliphatic carbocycles. The molecule has 0 atom stereocenters. The van der Waals surface area contributed by atoms with Crippen LogP contribution in [0.1, 0.15) is 83.5 Å². The second kappa shape index (κ2) is 5.89. The third-order valence-electron chi connectivity index (χ3n) is 6.95. The van der Waals surface area contributed by atoms with Crippen molar-refractivity contribution in [3.05, 3.63) is 0 Å². The monoisotopic (exact) mass is 310 g/mol. The molecule has 1 heteroatoms. The first-order chi connectivity index (χ1) is 8.82. The Labute approximate surface area is 117 Å². The number of rotatable bonds is 3. The third-order valence-corrected chi connectivity index (χ3v) is 21.7. The van der Waals surface area contributed by atoms with Crippen molar-refractivity contribution in [2.45, 2.75) is 103 Å². The van der Waals surface area contributed by atoms with Gasteiger partial charge < -0.3 is 0 Å². The third kappa shape index (κ3) is 2.43. The summed E-state index contributed by atoms with van der Waals surface area (Å²) in [6.07, 6.45) is 20.8. The van der Waals surface area contributed by atoms with E-state index in [0.29, 0.717) is 0 Å². The van der Waals surface area contributed by atoms with Gasteiger partial charge in [-0.25, -0.2) is 0 Å². The zero-order valence-electron chi connectivity index (χ0n) is 12.4. The van der Waals surface area contributed by atoms with Crippen LogP contribution in [0.25, 0.3) is 0 Å². The predicted octanol–water partition coefficient (Wildman–Crippen LogP) is 6.29. The molecule has 104 valence electrons.